The molecule has 2 aromatic rings. The van der Waals surface area contributed by atoms with Gasteiger partial charge in [0.05, 0.1) is 18.7 Å². The first-order chi connectivity index (χ1) is 9.22. The smallest absolute Gasteiger partial charge is 0.358 e. The number of pyridine rings is 1. The van der Waals surface area contributed by atoms with Crippen molar-refractivity contribution in [2.24, 2.45) is 0 Å². The van der Waals surface area contributed by atoms with E-state index in [-0.39, 0.29) is 5.69 Å². The number of ether oxygens (including phenoxy) is 1. The van der Waals surface area contributed by atoms with Gasteiger partial charge in [0.1, 0.15) is 11.2 Å². The molecule has 1 aliphatic rings. The number of methoxy groups -OCH3 is 1. The molecule has 0 bridgehead atoms. The molecule has 0 atom stereocenters. The molecule has 0 spiro atoms. The van der Waals surface area contributed by atoms with Gasteiger partial charge in [-0.25, -0.2) is 9.78 Å². The lowest BCUT2D eigenvalue weighted by Crippen LogP contribution is -2.34. The second kappa shape index (κ2) is 4.09. The van der Waals surface area contributed by atoms with Crippen LogP contribution in [0.25, 0.3) is 5.52 Å². The Hall–Kier alpha value is -2.35. The van der Waals surface area contributed by atoms with E-state index in [9.17, 15) is 10.1 Å². The van der Waals surface area contributed by atoms with Gasteiger partial charge < -0.3 is 9.14 Å². The van der Waals surface area contributed by atoms with Crippen LogP contribution in [0.15, 0.2) is 24.4 Å². The molecule has 5 nitrogen and oxygen atoms in total. The molecule has 96 valence electrons. The van der Waals surface area contributed by atoms with Crippen LogP contribution in [0.4, 0.5) is 0 Å². The van der Waals surface area contributed by atoms with E-state index in [0.29, 0.717) is 11.3 Å². The van der Waals surface area contributed by atoms with Gasteiger partial charge in [0.15, 0.2) is 5.69 Å². The highest BCUT2D eigenvalue weighted by atomic mass is 16.5. The van der Waals surface area contributed by atoms with Gasteiger partial charge in [-0.1, -0.05) is 6.07 Å². The van der Waals surface area contributed by atoms with E-state index in [2.05, 4.69) is 11.1 Å². The highest BCUT2D eigenvalue weighted by Crippen LogP contribution is 2.43. The van der Waals surface area contributed by atoms with E-state index in [1.807, 2.05) is 28.8 Å². The van der Waals surface area contributed by atoms with Crippen molar-refractivity contribution in [3.8, 4) is 6.07 Å². The Balaban J connectivity index is 2.27. The quantitative estimate of drug-likeness (QED) is 0.770. The predicted molar refractivity (Wildman–Crippen MR) is 67.7 cm³/mol. The first kappa shape index (κ1) is 11.7. The van der Waals surface area contributed by atoms with Crippen LogP contribution >= 0.6 is 0 Å². The average Bonchev–Trinajstić information content (AvgIpc) is 2.78. The summed E-state index contributed by atoms with van der Waals surface area (Å²) in [5.74, 6) is 0.180. The van der Waals surface area contributed by atoms with E-state index in [0.717, 1.165) is 19.3 Å². The number of carbonyl (C=O) groups is 1. The third kappa shape index (κ3) is 1.53. The van der Waals surface area contributed by atoms with Crippen LogP contribution in [0.2, 0.25) is 0 Å². The maximum Gasteiger partial charge on any atom is 0.358 e. The predicted octanol–water partition coefficient (Wildman–Crippen LogP) is 2.07. The molecular weight excluding hydrogens is 242 g/mol. The van der Waals surface area contributed by atoms with E-state index < -0.39 is 11.4 Å². The Morgan fingerprint density at radius 3 is 2.89 bits per heavy atom. The molecule has 0 radical (unpaired) electrons. The SMILES string of the molecule is COC(=O)c1nc(C2(C#N)CCC2)n2ccccc12. The summed E-state index contributed by atoms with van der Waals surface area (Å²) < 4.78 is 6.59. The lowest BCUT2D eigenvalue weighted by Gasteiger charge is -2.33. The van der Waals surface area contributed by atoms with Crippen LogP contribution < -0.4 is 0 Å². The van der Waals surface area contributed by atoms with Gasteiger partial charge >= 0.3 is 5.97 Å². The van der Waals surface area contributed by atoms with Gasteiger partial charge in [-0.2, -0.15) is 5.26 Å². The summed E-state index contributed by atoms with van der Waals surface area (Å²) in [6, 6.07) is 7.87. The second-order valence-electron chi connectivity index (χ2n) is 4.78. The molecule has 19 heavy (non-hydrogen) atoms. The summed E-state index contributed by atoms with van der Waals surface area (Å²) >= 11 is 0. The number of rotatable bonds is 2. The van der Waals surface area contributed by atoms with Crippen molar-refractivity contribution in [1.29, 1.82) is 5.26 Å². The molecule has 0 saturated heterocycles. The van der Waals surface area contributed by atoms with Crippen molar-refractivity contribution in [2.45, 2.75) is 24.7 Å². The van der Waals surface area contributed by atoms with Gasteiger partial charge in [-0.3, -0.25) is 0 Å². The molecule has 2 aromatic heterocycles. The minimum absolute atomic E-state index is 0.277. The lowest BCUT2D eigenvalue weighted by molar-refractivity contribution is 0.0596. The van der Waals surface area contributed by atoms with Crippen molar-refractivity contribution in [2.75, 3.05) is 7.11 Å². The monoisotopic (exact) mass is 255 g/mol. The normalized spacial score (nSPS) is 16.6. The van der Waals surface area contributed by atoms with Gasteiger partial charge in [0.2, 0.25) is 0 Å². The third-order valence-corrected chi connectivity index (χ3v) is 3.78. The summed E-state index contributed by atoms with van der Waals surface area (Å²) in [6.45, 7) is 0. The van der Waals surface area contributed by atoms with Gasteiger partial charge in [0, 0.05) is 6.20 Å². The number of esters is 1. The highest BCUT2D eigenvalue weighted by molar-refractivity contribution is 5.95. The van der Waals surface area contributed by atoms with Gasteiger partial charge in [0.25, 0.3) is 0 Å². The van der Waals surface area contributed by atoms with Crippen LogP contribution in [0.5, 0.6) is 0 Å². The molecule has 0 unspecified atom stereocenters. The van der Waals surface area contributed by atoms with Crippen LogP contribution in [-0.4, -0.2) is 22.5 Å². The molecule has 0 amide bonds. The number of imidazole rings is 1. The van der Waals surface area contributed by atoms with E-state index >= 15 is 0 Å². The summed E-state index contributed by atoms with van der Waals surface area (Å²) in [4.78, 5) is 16.2. The Bertz CT molecular complexity index is 692. The molecule has 5 heteroatoms. The number of nitriles is 1. The number of fused-ring (bicyclic) bond motifs is 1. The molecule has 0 aromatic carbocycles. The van der Waals surface area contributed by atoms with E-state index in [1.165, 1.54) is 7.11 Å². The minimum Gasteiger partial charge on any atom is -0.464 e. The van der Waals surface area contributed by atoms with Crippen molar-refractivity contribution in [3.63, 3.8) is 0 Å². The van der Waals surface area contributed by atoms with Gasteiger partial charge in [-0.05, 0) is 31.4 Å². The zero-order chi connectivity index (χ0) is 13.5. The number of carbonyl (C=O) groups excluding carboxylic acids is 1. The summed E-state index contributed by atoms with van der Waals surface area (Å²) in [5.41, 5.74) is 0.404. The van der Waals surface area contributed by atoms with E-state index in [1.54, 1.807) is 0 Å². The number of nitrogens with zero attached hydrogens (tertiary/aromatic N) is 3. The average molecular weight is 255 g/mol. The topological polar surface area (TPSA) is 67.4 Å². The third-order valence-electron chi connectivity index (χ3n) is 3.78. The van der Waals surface area contributed by atoms with Crippen LogP contribution in [0.1, 0.15) is 35.6 Å². The van der Waals surface area contributed by atoms with Crippen LogP contribution in [0, 0.1) is 11.3 Å². The maximum absolute atomic E-state index is 11.8. The minimum atomic E-state index is -0.559. The van der Waals surface area contributed by atoms with Crippen LogP contribution in [-0.2, 0) is 10.2 Å². The fourth-order valence-electron chi connectivity index (χ4n) is 2.54. The summed E-state index contributed by atoms with van der Waals surface area (Å²) in [5, 5.41) is 9.43. The van der Waals surface area contributed by atoms with Crippen molar-refractivity contribution in [1.82, 2.24) is 9.38 Å². The Morgan fingerprint density at radius 1 is 1.53 bits per heavy atom. The molecule has 0 aliphatic heterocycles. The molecule has 1 aliphatic carbocycles. The largest absolute Gasteiger partial charge is 0.464 e. The molecular formula is C14H13N3O2. The van der Waals surface area contributed by atoms with Crippen molar-refractivity contribution < 1.29 is 9.53 Å². The standard InChI is InChI=1S/C14H13N3O2/c1-19-12(18)11-10-5-2-3-8-17(10)13(16-11)14(9-15)6-4-7-14/h2-3,5,8H,4,6-7H2,1H3. The number of hydrogen-bond acceptors (Lipinski definition) is 4. The van der Waals surface area contributed by atoms with Gasteiger partial charge in [-0.15, -0.1) is 0 Å². The second-order valence-corrected chi connectivity index (χ2v) is 4.78. The molecule has 2 heterocycles. The zero-order valence-electron chi connectivity index (χ0n) is 10.6. The van der Waals surface area contributed by atoms with Crippen molar-refractivity contribution >= 4 is 11.5 Å². The van der Waals surface area contributed by atoms with Crippen LogP contribution in [0.3, 0.4) is 0 Å². The number of hydrogen-bond donors (Lipinski definition) is 0. The fourth-order valence-corrected chi connectivity index (χ4v) is 2.54. The molecule has 0 N–H and O–H groups in total. The fraction of sp³-hybridized carbons (Fsp3) is 0.357. The molecule has 1 fully saturated rings. The summed E-state index contributed by atoms with van der Waals surface area (Å²) in [6.07, 6.45) is 4.43. The summed E-state index contributed by atoms with van der Waals surface area (Å²) in [7, 11) is 1.33. The molecule has 3 rings (SSSR count). The number of aromatic nitrogens is 2. The Morgan fingerprint density at radius 2 is 2.32 bits per heavy atom. The Kier molecular flexibility index (Phi) is 2.53. The van der Waals surface area contributed by atoms with E-state index in [4.69, 9.17) is 4.74 Å². The first-order valence-corrected chi connectivity index (χ1v) is 6.19. The highest BCUT2D eigenvalue weighted by Gasteiger charge is 2.43. The Labute approximate surface area is 110 Å². The van der Waals surface area contributed by atoms with Crippen molar-refractivity contribution in [3.05, 3.63) is 35.9 Å². The lowest BCUT2D eigenvalue weighted by atomic mass is 9.69. The first-order valence-electron chi connectivity index (χ1n) is 6.19. The molecule has 1 saturated carbocycles. The zero-order valence-corrected chi connectivity index (χ0v) is 10.6. The maximum atomic E-state index is 11.8.